The third-order valence-corrected chi connectivity index (χ3v) is 5.47. The van der Waals surface area contributed by atoms with E-state index < -0.39 is 61.3 Å². The molecule has 0 saturated heterocycles. The van der Waals surface area contributed by atoms with Gasteiger partial charge in [-0.05, 0) is 36.4 Å². The number of hydrogen-bond acceptors (Lipinski definition) is 8. The van der Waals surface area contributed by atoms with Gasteiger partial charge >= 0.3 is 5.97 Å². The number of benzene rings is 2. The van der Waals surface area contributed by atoms with Crippen LogP contribution in [0, 0.1) is 0 Å². The zero-order chi connectivity index (χ0) is 27.1. The number of aldehydes is 1. The molecule has 1 aliphatic rings. The fourth-order valence-corrected chi connectivity index (χ4v) is 3.75. The van der Waals surface area contributed by atoms with E-state index in [0.717, 1.165) is 9.80 Å². The smallest absolute Gasteiger partial charge is 0.305 e. The molecule has 2 atom stereocenters. The monoisotopic (exact) mass is 512 g/mol. The topological polar surface area (TPSA) is 194 Å². The number of aliphatic carboxylic acids is 1. The fraction of sp³-hybridized carbons (Fsp3) is 0.250. The molecular weight excluding hydrogens is 488 g/mol. The highest BCUT2D eigenvalue weighted by Crippen LogP contribution is 2.33. The van der Waals surface area contributed by atoms with Crippen LogP contribution in [-0.2, 0) is 24.0 Å². The number of fused-ring (bicyclic) bond motifs is 1. The first-order valence-electron chi connectivity index (χ1n) is 11.0. The SMILES string of the molecule is O=CC(CC(=O)O)NC(=O)CN1C(=O)C(NC(=O)c2ccc(O)cc2)CN(C(=O)CO)c2ccccc21. The second kappa shape index (κ2) is 11.8. The summed E-state index contributed by atoms with van der Waals surface area (Å²) in [6, 6.07) is 8.57. The number of anilines is 2. The molecule has 0 aliphatic carbocycles. The molecule has 13 heteroatoms. The summed E-state index contributed by atoms with van der Waals surface area (Å²) in [5, 5.41) is 32.6. The number of aliphatic hydroxyl groups is 1. The normalized spacial score (nSPS) is 15.7. The molecular formula is C24H24N4O9. The average molecular weight is 512 g/mol. The van der Waals surface area contributed by atoms with Gasteiger partial charge in [-0.1, -0.05) is 12.1 Å². The molecule has 0 spiro atoms. The number of carboxylic acid groups (broad SMARTS) is 1. The summed E-state index contributed by atoms with van der Waals surface area (Å²) < 4.78 is 0. The van der Waals surface area contributed by atoms with Crippen molar-refractivity contribution in [2.45, 2.75) is 18.5 Å². The predicted molar refractivity (Wildman–Crippen MR) is 128 cm³/mol. The number of carbonyl (C=O) groups excluding carboxylic acids is 5. The van der Waals surface area contributed by atoms with Gasteiger partial charge in [0.15, 0.2) is 0 Å². The van der Waals surface area contributed by atoms with E-state index in [9.17, 15) is 39.0 Å². The van der Waals surface area contributed by atoms with E-state index >= 15 is 0 Å². The van der Waals surface area contributed by atoms with E-state index in [1.54, 1.807) is 12.1 Å². The molecule has 2 unspecified atom stereocenters. The van der Waals surface area contributed by atoms with Crippen molar-refractivity contribution in [2.75, 3.05) is 29.5 Å². The Hall–Kier alpha value is -4.78. The Labute approximate surface area is 210 Å². The second-order valence-electron chi connectivity index (χ2n) is 8.06. The van der Waals surface area contributed by atoms with Crippen LogP contribution in [0.5, 0.6) is 5.75 Å². The van der Waals surface area contributed by atoms with Crippen LogP contribution < -0.4 is 20.4 Å². The summed E-state index contributed by atoms with van der Waals surface area (Å²) in [7, 11) is 0. The van der Waals surface area contributed by atoms with Crippen LogP contribution in [0.15, 0.2) is 48.5 Å². The number of aromatic hydroxyl groups is 1. The predicted octanol–water partition coefficient (Wildman–Crippen LogP) is -0.979. The highest BCUT2D eigenvalue weighted by molar-refractivity contribution is 6.11. The van der Waals surface area contributed by atoms with Gasteiger partial charge in [0.05, 0.1) is 30.4 Å². The summed E-state index contributed by atoms with van der Waals surface area (Å²) in [4.78, 5) is 75.9. The van der Waals surface area contributed by atoms with Gasteiger partial charge in [-0.2, -0.15) is 0 Å². The number of hydrogen-bond donors (Lipinski definition) is 5. The van der Waals surface area contributed by atoms with Crippen LogP contribution >= 0.6 is 0 Å². The summed E-state index contributed by atoms with van der Waals surface area (Å²) in [6.45, 7) is -1.92. The van der Waals surface area contributed by atoms with Crippen LogP contribution in [0.2, 0.25) is 0 Å². The Morgan fingerprint density at radius 3 is 2.30 bits per heavy atom. The van der Waals surface area contributed by atoms with Crippen LogP contribution in [0.4, 0.5) is 11.4 Å². The first-order valence-corrected chi connectivity index (χ1v) is 11.0. The molecule has 0 aromatic heterocycles. The van der Waals surface area contributed by atoms with Crippen LogP contribution in [0.3, 0.4) is 0 Å². The summed E-state index contributed by atoms with van der Waals surface area (Å²) >= 11 is 0. The van der Waals surface area contributed by atoms with Gasteiger partial charge in [-0.15, -0.1) is 0 Å². The third-order valence-electron chi connectivity index (χ3n) is 5.47. The lowest BCUT2D eigenvalue weighted by molar-refractivity contribution is -0.139. The van der Waals surface area contributed by atoms with Gasteiger partial charge in [0.2, 0.25) is 5.91 Å². The first kappa shape index (κ1) is 26.8. The van der Waals surface area contributed by atoms with Gasteiger partial charge in [-0.3, -0.25) is 28.9 Å². The molecule has 2 aromatic rings. The van der Waals surface area contributed by atoms with E-state index in [1.165, 1.54) is 36.4 Å². The molecule has 1 aliphatic heterocycles. The minimum atomic E-state index is -1.36. The summed E-state index contributed by atoms with van der Waals surface area (Å²) in [5.74, 6) is -4.49. The Morgan fingerprint density at radius 2 is 1.70 bits per heavy atom. The molecule has 0 radical (unpaired) electrons. The van der Waals surface area contributed by atoms with Gasteiger partial charge < -0.3 is 35.6 Å². The van der Waals surface area contributed by atoms with Crippen molar-refractivity contribution < 1.29 is 44.1 Å². The maximum Gasteiger partial charge on any atom is 0.305 e. The third kappa shape index (κ3) is 6.46. The van der Waals surface area contributed by atoms with E-state index in [2.05, 4.69) is 10.6 Å². The minimum Gasteiger partial charge on any atom is -0.508 e. The van der Waals surface area contributed by atoms with Crippen molar-refractivity contribution >= 4 is 47.3 Å². The van der Waals surface area contributed by atoms with Crippen LogP contribution in [-0.4, -0.2) is 83.0 Å². The molecule has 4 amide bonds. The van der Waals surface area contributed by atoms with Gasteiger partial charge in [0.1, 0.15) is 31.2 Å². The number of amides is 4. The molecule has 5 N–H and O–H groups in total. The largest absolute Gasteiger partial charge is 0.508 e. The average Bonchev–Trinajstić information content (AvgIpc) is 2.98. The quantitative estimate of drug-likeness (QED) is 0.263. The lowest BCUT2D eigenvalue weighted by Gasteiger charge is -2.25. The lowest BCUT2D eigenvalue weighted by atomic mass is 10.1. The molecule has 1 heterocycles. The van der Waals surface area contributed by atoms with Crippen molar-refractivity contribution in [3.05, 3.63) is 54.1 Å². The van der Waals surface area contributed by atoms with Gasteiger partial charge in [0, 0.05) is 5.56 Å². The number of nitrogens with one attached hydrogen (secondary N) is 2. The highest BCUT2D eigenvalue weighted by atomic mass is 16.4. The second-order valence-corrected chi connectivity index (χ2v) is 8.06. The molecule has 0 fully saturated rings. The number of rotatable bonds is 9. The molecule has 13 nitrogen and oxygen atoms in total. The molecule has 0 bridgehead atoms. The number of phenolic OH excluding ortho intramolecular Hbond substituents is 1. The van der Waals surface area contributed by atoms with Crippen LogP contribution in [0.1, 0.15) is 16.8 Å². The van der Waals surface area contributed by atoms with Crippen molar-refractivity contribution in [2.24, 2.45) is 0 Å². The van der Waals surface area contributed by atoms with Gasteiger partial charge in [0.25, 0.3) is 17.7 Å². The number of phenols is 1. The number of para-hydroxylation sites is 2. The van der Waals surface area contributed by atoms with E-state index in [-0.39, 0.29) is 35.5 Å². The minimum absolute atomic E-state index is 0.0778. The zero-order valence-electron chi connectivity index (χ0n) is 19.4. The van der Waals surface area contributed by atoms with E-state index in [1.807, 2.05) is 0 Å². The van der Waals surface area contributed by atoms with Crippen LogP contribution in [0.25, 0.3) is 0 Å². The maximum atomic E-state index is 13.6. The Kier molecular flexibility index (Phi) is 8.53. The highest BCUT2D eigenvalue weighted by Gasteiger charge is 2.37. The van der Waals surface area contributed by atoms with Gasteiger partial charge in [-0.25, -0.2) is 0 Å². The van der Waals surface area contributed by atoms with Crippen molar-refractivity contribution in [1.29, 1.82) is 0 Å². The Balaban J connectivity index is 1.95. The summed E-state index contributed by atoms with van der Waals surface area (Å²) in [5.41, 5.74) is 0.410. The zero-order valence-corrected chi connectivity index (χ0v) is 19.4. The number of aliphatic hydroxyl groups excluding tert-OH is 1. The Bertz CT molecular complexity index is 1210. The summed E-state index contributed by atoms with van der Waals surface area (Å²) in [6.07, 6.45) is -0.406. The number of nitrogens with zero attached hydrogens (tertiary/aromatic N) is 2. The Morgan fingerprint density at radius 1 is 1.05 bits per heavy atom. The number of carbonyl (C=O) groups is 6. The number of carboxylic acids is 1. The molecule has 37 heavy (non-hydrogen) atoms. The first-order chi connectivity index (χ1) is 17.6. The maximum absolute atomic E-state index is 13.6. The van der Waals surface area contributed by atoms with E-state index in [4.69, 9.17) is 5.11 Å². The molecule has 194 valence electrons. The van der Waals surface area contributed by atoms with Crippen molar-refractivity contribution in [1.82, 2.24) is 10.6 Å². The molecule has 2 aromatic carbocycles. The molecule has 3 rings (SSSR count). The van der Waals surface area contributed by atoms with E-state index in [0.29, 0.717) is 0 Å². The lowest BCUT2D eigenvalue weighted by Crippen LogP contribution is -2.55. The van der Waals surface area contributed by atoms with Crippen molar-refractivity contribution in [3.8, 4) is 5.75 Å². The molecule has 0 saturated carbocycles. The van der Waals surface area contributed by atoms with Crippen molar-refractivity contribution in [3.63, 3.8) is 0 Å². The standard InChI is InChI=1S/C24H24N4O9/c29-12-15(9-22(34)35)25-20(32)11-28-19-4-2-1-3-18(19)27(21(33)13-30)10-17(24(28)37)26-23(36)14-5-7-16(31)8-6-14/h1-8,12,15,17,30-31H,9-11,13H2,(H,25,32)(H,26,36)(H,34,35). The fourth-order valence-electron chi connectivity index (χ4n) is 3.75.